The van der Waals surface area contributed by atoms with Crippen molar-refractivity contribution >= 4 is 23.8 Å². The first-order valence-corrected chi connectivity index (χ1v) is 8.26. The van der Waals surface area contributed by atoms with E-state index in [0.717, 1.165) is 16.7 Å². The molecule has 0 bridgehead atoms. The zero-order valence-electron chi connectivity index (χ0n) is 14.2. The zero-order chi connectivity index (χ0) is 17.9. The molecule has 5 nitrogen and oxygen atoms in total. The minimum atomic E-state index is -0.240. The summed E-state index contributed by atoms with van der Waals surface area (Å²) >= 11 is 0. The maximum absolute atomic E-state index is 13.0. The number of aromatic nitrogens is 2. The van der Waals surface area contributed by atoms with E-state index in [-0.39, 0.29) is 5.91 Å². The van der Waals surface area contributed by atoms with Gasteiger partial charge in [-0.2, -0.15) is 0 Å². The van der Waals surface area contributed by atoms with Gasteiger partial charge >= 0.3 is 0 Å². The third kappa shape index (κ3) is 3.02. The number of aryl methyl sites for hydroxylation is 1. The summed E-state index contributed by atoms with van der Waals surface area (Å²) in [7, 11) is 0. The SMILES string of the molecule is Cc1ccc(C=C2N=C(c3ccccc3)N(c3ncccn3)C2=O)cc1. The van der Waals surface area contributed by atoms with Crippen molar-refractivity contribution in [1.82, 2.24) is 9.97 Å². The first kappa shape index (κ1) is 15.9. The van der Waals surface area contributed by atoms with Crippen LogP contribution in [-0.4, -0.2) is 21.7 Å². The summed E-state index contributed by atoms with van der Waals surface area (Å²) in [5, 5.41) is 0. The van der Waals surface area contributed by atoms with Crippen molar-refractivity contribution in [2.45, 2.75) is 6.92 Å². The number of amidine groups is 1. The Balaban J connectivity index is 1.81. The topological polar surface area (TPSA) is 58.5 Å². The van der Waals surface area contributed by atoms with Gasteiger partial charge in [0.05, 0.1) is 0 Å². The lowest BCUT2D eigenvalue weighted by molar-refractivity contribution is -0.113. The quantitative estimate of drug-likeness (QED) is 0.684. The van der Waals surface area contributed by atoms with Gasteiger partial charge in [-0.3, -0.25) is 4.79 Å². The number of amides is 1. The molecule has 1 amide bonds. The van der Waals surface area contributed by atoms with Gasteiger partial charge in [0.15, 0.2) is 5.84 Å². The molecule has 1 aromatic heterocycles. The number of aliphatic imine (C=N–C) groups is 1. The van der Waals surface area contributed by atoms with Gasteiger partial charge in [0.25, 0.3) is 5.91 Å². The number of nitrogens with zero attached hydrogens (tertiary/aromatic N) is 4. The molecule has 0 fully saturated rings. The fourth-order valence-electron chi connectivity index (χ4n) is 2.71. The average molecular weight is 340 g/mol. The van der Waals surface area contributed by atoms with Crippen LogP contribution in [0.5, 0.6) is 0 Å². The largest absolute Gasteiger partial charge is 0.285 e. The van der Waals surface area contributed by atoms with E-state index < -0.39 is 0 Å². The Morgan fingerprint density at radius 1 is 0.885 bits per heavy atom. The third-order valence-electron chi connectivity index (χ3n) is 4.03. The van der Waals surface area contributed by atoms with E-state index in [1.807, 2.05) is 61.5 Å². The van der Waals surface area contributed by atoms with E-state index in [2.05, 4.69) is 15.0 Å². The standard InChI is InChI=1S/C21H16N4O/c1-15-8-10-16(11-9-15)14-18-20(26)25(21-22-12-5-13-23-21)19(24-18)17-6-3-2-4-7-17/h2-14H,1H3. The molecule has 0 radical (unpaired) electrons. The lowest BCUT2D eigenvalue weighted by atomic mass is 10.1. The van der Waals surface area contributed by atoms with E-state index in [1.165, 1.54) is 4.90 Å². The molecule has 5 heteroatoms. The van der Waals surface area contributed by atoms with Crippen LogP contribution in [0.25, 0.3) is 6.08 Å². The molecule has 1 aliphatic heterocycles. The second-order valence-electron chi connectivity index (χ2n) is 5.93. The molecular weight excluding hydrogens is 324 g/mol. The van der Waals surface area contributed by atoms with Crippen LogP contribution in [0.15, 0.2) is 83.7 Å². The second kappa shape index (κ2) is 6.72. The Bertz CT molecular complexity index is 993. The molecule has 0 atom stereocenters. The van der Waals surface area contributed by atoms with E-state index in [4.69, 9.17) is 0 Å². The van der Waals surface area contributed by atoms with Crippen LogP contribution >= 0.6 is 0 Å². The van der Waals surface area contributed by atoms with Gasteiger partial charge in [-0.05, 0) is 24.6 Å². The van der Waals surface area contributed by atoms with Crippen molar-refractivity contribution in [2.24, 2.45) is 4.99 Å². The summed E-state index contributed by atoms with van der Waals surface area (Å²) in [5.74, 6) is 0.600. The molecule has 2 aromatic carbocycles. The van der Waals surface area contributed by atoms with Gasteiger partial charge in [-0.1, -0.05) is 60.2 Å². The van der Waals surface area contributed by atoms with Crippen LogP contribution in [0.2, 0.25) is 0 Å². The number of rotatable bonds is 3. The molecule has 0 unspecified atom stereocenters. The summed E-state index contributed by atoms with van der Waals surface area (Å²) in [6.45, 7) is 2.03. The zero-order valence-corrected chi connectivity index (χ0v) is 14.2. The normalized spacial score (nSPS) is 15.4. The average Bonchev–Trinajstić information content (AvgIpc) is 3.01. The van der Waals surface area contributed by atoms with E-state index in [9.17, 15) is 4.79 Å². The van der Waals surface area contributed by atoms with Crippen LogP contribution in [-0.2, 0) is 4.79 Å². The highest BCUT2D eigenvalue weighted by Crippen LogP contribution is 2.25. The van der Waals surface area contributed by atoms with Crippen molar-refractivity contribution in [3.63, 3.8) is 0 Å². The van der Waals surface area contributed by atoms with Crippen molar-refractivity contribution < 1.29 is 4.79 Å². The molecule has 0 spiro atoms. The van der Waals surface area contributed by atoms with Crippen molar-refractivity contribution in [1.29, 1.82) is 0 Å². The van der Waals surface area contributed by atoms with Gasteiger partial charge in [0, 0.05) is 18.0 Å². The van der Waals surface area contributed by atoms with E-state index in [0.29, 0.717) is 17.5 Å². The highest BCUT2D eigenvalue weighted by Gasteiger charge is 2.34. The first-order valence-electron chi connectivity index (χ1n) is 8.26. The summed E-state index contributed by atoms with van der Waals surface area (Å²) in [5.41, 5.74) is 3.28. The molecule has 0 N–H and O–H groups in total. The van der Waals surface area contributed by atoms with Crippen LogP contribution in [0.1, 0.15) is 16.7 Å². The van der Waals surface area contributed by atoms with E-state index >= 15 is 0 Å². The molecule has 0 saturated carbocycles. The minimum Gasteiger partial charge on any atom is -0.266 e. The second-order valence-corrected chi connectivity index (χ2v) is 5.93. The van der Waals surface area contributed by atoms with Gasteiger partial charge in [-0.25, -0.2) is 19.9 Å². The lowest BCUT2D eigenvalue weighted by Gasteiger charge is -2.15. The number of carbonyl (C=O) groups excluding carboxylic acids is 1. The van der Waals surface area contributed by atoms with Crippen LogP contribution in [0.3, 0.4) is 0 Å². The van der Waals surface area contributed by atoms with Crippen LogP contribution in [0.4, 0.5) is 5.95 Å². The van der Waals surface area contributed by atoms with Gasteiger partial charge < -0.3 is 0 Å². The molecule has 3 aromatic rings. The number of carbonyl (C=O) groups is 1. The highest BCUT2D eigenvalue weighted by atomic mass is 16.2. The predicted molar refractivity (Wildman–Crippen MR) is 102 cm³/mol. The smallest absolute Gasteiger partial charge is 0.266 e. The summed E-state index contributed by atoms with van der Waals surface area (Å²) in [6.07, 6.45) is 5.01. The predicted octanol–water partition coefficient (Wildman–Crippen LogP) is 3.62. The highest BCUT2D eigenvalue weighted by molar-refractivity contribution is 6.32. The number of hydrogen-bond acceptors (Lipinski definition) is 4. The monoisotopic (exact) mass is 340 g/mol. The lowest BCUT2D eigenvalue weighted by Crippen LogP contribution is -2.34. The van der Waals surface area contributed by atoms with Crippen LogP contribution < -0.4 is 4.90 Å². The molecule has 1 aliphatic rings. The Kier molecular flexibility index (Phi) is 4.11. The maximum atomic E-state index is 13.0. The van der Waals surface area contributed by atoms with Gasteiger partial charge in [0.2, 0.25) is 5.95 Å². The minimum absolute atomic E-state index is 0.240. The van der Waals surface area contributed by atoms with Crippen molar-refractivity contribution in [2.75, 3.05) is 4.90 Å². The maximum Gasteiger partial charge on any atom is 0.285 e. The molecule has 26 heavy (non-hydrogen) atoms. The van der Waals surface area contributed by atoms with Gasteiger partial charge in [-0.15, -0.1) is 0 Å². The summed E-state index contributed by atoms with van der Waals surface area (Å²) in [6, 6.07) is 19.2. The van der Waals surface area contributed by atoms with Gasteiger partial charge in [0.1, 0.15) is 5.70 Å². The Hall–Kier alpha value is -3.60. The van der Waals surface area contributed by atoms with Crippen molar-refractivity contribution in [3.05, 3.63) is 95.4 Å². The number of anilines is 1. The third-order valence-corrected chi connectivity index (χ3v) is 4.03. The number of benzene rings is 2. The molecule has 0 aliphatic carbocycles. The molecular formula is C21H16N4O. The number of hydrogen-bond donors (Lipinski definition) is 0. The first-order chi connectivity index (χ1) is 12.7. The Labute approximate surface area is 151 Å². The molecule has 4 rings (SSSR count). The summed E-state index contributed by atoms with van der Waals surface area (Å²) < 4.78 is 0. The fourth-order valence-corrected chi connectivity index (χ4v) is 2.71. The Morgan fingerprint density at radius 3 is 2.27 bits per heavy atom. The summed E-state index contributed by atoms with van der Waals surface area (Å²) in [4.78, 5) is 27.5. The van der Waals surface area contributed by atoms with Crippen LogP contribution in [0, 0.1) is 6.92 Å². The van der Waals surface area contributed by atoms with Crippen molar-refractivity contribution in [3.8, 4) is 0 Å². The fraction of sp³-hybridized carbons (Fsp3) is 0.0476. The molecule has 126 valence electrons. The molecule has 2 heterocycles. The van der Waals surface area contributed by atoms with E-state index in [1.54, 1.807) is 24.5 Å². The Morgan fingerprint density at radius 2 is 1.58 bits per heavy atom. The molecule has 0 saturated heterocycles.